The SMILES string of the molecule is Oc1cnccc1-c1nc(NCCCc2ccccc2)c2c3c(sc2n1)CCCC3. The lowest BCUT2D eigenvalue weighted by atomic mass is 9.97. The van der Waals surface area contributed by atoms with Crippen LogP contribution in [0.2, 0.25) is 0 Å². The highest BCUT2D eigenvalue weighted by molar-refractivity contribution is 7.19. The van der Waals surface area contributed by atoms with Crippen LogP contribution in [0.15, 0.2) is 48.8 Å². The molecule has 4 aromatic rings. The van der Waals surface area contributed by atoms with Crippen LogP contribution in [0.5, 0.6) is 5.75 Å². The molecular weight excluding hydrogens is 392 g/mol. The molecule has 0 atom stereocenters. The van der Waals surface area contributed by atoms with E-state index in [1.165, 1.54) is 40.4 Å². The van der Waals surface area contributed by atoms with E-state index in [1.807, 2.05) is 0 Å². The van der Waals surface area contributed by atoms with Crippen molar-refractivity contribution in [1.82, 2.24) is 15.0 Å². The maximum Gasteiger partial charge on any atom is 0.166 e. The Balaban J connectivity index is 1.48. The number of anilines is 1. The number of rotatable bonds is 6. The van der Waals surface area contributed by atoms with Crippen LogP contribution in [0, 0.1) is 0 Å². The Morgan fingerprint density at radius 1 is 1.03 bits per heavy atom. The predicted molar refractivity (Wildman–Crippen MR) is 122 cm³/mol. The number of aromatic nitrogens is 3. The molecule has 1 aliphatic carbocycles. The molecule has 30 heavy (non-hydrogen) atoms. The largest absolute Gasteiger partial charge is 0.506 e. The Morgan fingerprint density at radius 2 is 1.90 bits per heavy atom. The van der Waals surface area contributed by atoms with Crippen LogP contribution in [0.3, 0.4) is 0 Å². The van der Waals surface area contributed by atoms with Crippen LogP contribution in [0.4, 0.5) is 5.82 Å². The molecule has 3 aromatic heterocycles. The molecule has 0 radical (unpaired) electrons. The smallest absolute Gasteiger partial charge is 0.166 e. The number of pyridine rings is 1. The van der Waals surface area contributed by atoms with E-state index in [4.69, 9.17) is 9.97 Å². The van der Waals surface area contributed by atoms with Gasteiger partial charge in [-0.05, 0) is 55.7 Å². The van der Waals surface area contributed by atoms with Crippen molar-refractivity contribution >= 4 is 27.4 Å². The van der Waals surface area contributed by atoms with Crippen LogP contribution < -0.4 is 5.32 Å². The summed E-state index contributed by atoms with van der Waals surface area (Å²) >= 11 is 1.78. The van der Waals surface area contributed by atoms with Crippen molar-refractivity contribution < 1.29 is 5.11 Å². The zero-order chi connectivity index (χ0) is 20.3. The fourth-order valence-electron chi connectivity index (χ4n) is 4.12. The number of hydrogen-bond acceptors (Lipinski definition) is 6. The molecule has 152 valence electrons. The minimum Gasteiger partial charge on any atom is -0.506 e. The lowest BCUT2D eigenvalue weighted by Gasteiger charge is -2.13. The summed E-state index contributed by atoms with van der Waals surface area (Å²) in [5.74, 6) is 1.54. The first-order valence-electron chi connectivity index (χ1n) is 10.5. The maximum atomic E-state index is 10.3. The second-order valence-corrected chi connectivity index (χ2v) is 8.78. The van der Waals surface area contributed by atoms with Gasteiger partial charge in [-0.25, -0.2) is 9.97 Å². The Hall–Kier alpha value is -2.99. The molecule has 6 heteroatoms. The second-order valence-electron chi connectivity index (χ2n) is 7.70. The number of aryl methyl sites for hydroxylation is 3. The third kappa shape index (κ3) is 3.75. The summed E-state index contributed by atoms with van der Waals surface area (Å²) in [7, 11) is 0. The average molecular weight is 417 g/mol. The molecule has 0 unspecified atom stereocenters. The zero-order valence-electron chi connectivity index (χ0n) is 16.8. The van der Waals surface area contributed by atoms with Crippen molar-refractivity contribution in [1.29, 1.82) is 0 Å². The molecule has 0 fully saturated rings. The average Bonchev–Trinajstić information content (AvgIpc) is 3.16. The summed E-state index contributed by atoms with van der Waals surface area (Å²) in [6.07, 6.45) is 9.84. The number of thiophene rings is 1. The molecule has 1 aliphatic rings. The molecule has 5 nitrogen and oxygen atoms in total. The summed E-state index contributed by atoms with van der Waals surface area (Å²) in [4.78, 5) is 16.1. The molecule has 2 N–H and O–H groups in total. The van der Waals surface area contributed by atoms with E-state index >= 15 is 0 Å². The highest BCUT2D eigenvalue weighted by Crippen LogP contribution is 2.40. The number of fused-ring (bicyclic) bond motifs is 3. The molecule has 0 saturated heterocycles. The molecule has 0 amide bonds. The van der Waals surface area contributed by atoms with E-state index < -0.39 is 0 Å². The topological polar surface area (TPSA) is 70.9 Å². The monoisotopic (exact) mass is 416 g/mol. The van der Waals surface area contributed by atoms with Gasteiger partial charge in [-0.2, -0.15) is 0 Å². The molecule has 1 aromatic carbocycles. The fraction of sp³-hybridized carbons (Fsp3) is 0.292. The fourth-order valence-corrected chi connectivity index (χ4v) is 5.39. The third-order valence-electron chi connectivity index (χ3n) is 5.63. The van der Waals surface area contributed by atoms with Crippen molar-refractivity contribution in [3.8, 4) is 17.1 Å². The first-order chi connectivity index (χ1) is 14.8. The molecule has 0 aliphatic heterocycles. The normalized spacial score (nSPS) is 13.3. The van der Waals surface area contributed by atoms with E-state index in [2.05, 4.69) is 40.6 Å². The van der Waals surface area contributed by atoms with E-state index in [-0.39, 0.29) is 5.75 Å². The van der Waals surface area contributed by atoms with Crippen LogP contribution in [0.25, 0.3) is 21.6 Å². The third-order valence-corrected chi connectivity index (χ3v) is 6.82. The summed E-state index contributed by atoms with van der Waals surface area (Å²) in [5, 5.41) is 15.0. The quantitative estimate of drug-likeness (QED) is 0.413. The molecule has 5 rings (SSSR count). The Labute approximate surface area is 179 Å². The van der Waals surface area contributed by atoms with Gasteiger partial charge >= 0.3 is 0 Å². The van der Waals surface area contributed by atoms with Crippen molar-refractivity contribution in [3.63, 3.8) is 0 Å². The molecular formula is C24H24N4OS. The van der Waals surface area contributed by atoms with Crippen molar-refractivity contribution in [2.45, 2.75) is 38.5 Å². The first-order valence-corrected chi connectivity index (χ1v) is 11.3. The zero-order valence-corrected chi connectivity index (χ0v) is 17.6. The van der Waals surface area contributed by atoms with Gasteiger partial charge in [-0.1, -0.05) is 30.3 Å². The minimum atomic E-state index is 0.105. The van der Waals surface area contributed by atoms with Gasteiger partial charge in [0, 0.05) is 17.6 Å². The van der Waals surface area contributed by atoms with Gasteiger partial charge in [0.1, 0.15) is 16.4 Å². The van der Waals surface area contributed by atoms with Crippen molar-refractivity contribution in [2.24, 2.45) is 0 Å². The Morgan fingerprint density at radius 3 is 2.77 bits per heavy atom. The van der Waals surface area contributed by atoms with Crippen LogP contribution in [0.1, 0.15) is 35.3 Å². The molecule has 0 bridgehead atoms. The second kappa shape index (κ2) is 8.40. The molecule has 0 spiro atoms. The lowest BCUT2D eigenvalue weighted by molar-refractivity contribution is 0.474. The predicted octanol–water partition coefficient (Wildman–Crippen LogP) is 5.38. The Bertz CT molecular complexity index is 1170. The number of aromatic hydroxyl groups is 1. The van der Waals surface area contributed by atoms with E-state index in [9.17, 15) is 5.11 Å². The number of benzene rings is 1. The van der Waals surface area contributed by atoms with Crippen LogP contribution in [-0.2, 0) is 19.3 Å². The van der Waals surface area contributed by atoms with Gasteiger partial charge in [-0.3, -0.25) is 4.98 Å². The summed E-state index contributed by atoms with van der Waals surface area (Å²) in [6, 6.07) is 12.3. The minimum absolute atomic E-state index is 0.105. The van der Waals surface area contributed by atoms with Gasteiger partial charge < -0.3 is 10.4 Å². The number of nitrogens with one attached hydrogen (secondary N) is 1. The van der Waals surface area contributed by atoms with Crippen molar-refractivity contribution in [3.05, 3.63) is 64.8 Å². The van der Waals surface area contributed by atoms with E-state index in [0.717, 1.165) is 42.9 Å². The highest BCUT2D eigenvalue weighted by Gasteiger charge is 2.22. The van der Waals surface area contributed by atoms with Gasteiger partial charge in [0.2, 0.25) is 0 Å². The van der Waals surface area contributed by atoms with Crippen LogP contribution >= 0.6 is 11.3 Å². The lowest BCUT2D eigenvalue weighted by Crippen LogP contribution is -2.08. The van der Waals surface area contributed by atoms with Gasteiger partial charge in [-0.15, -0.1) is 11.3 Å². The molecule has 3 heterocycles. The summed E-state index contributed by atoms with van der Waals surface area (Å²) in [5.41, 5.74) is 3.38. The maximum absolute atomic E-state index is 10.3. The first kappa shape index (κ1) is 19.0. The number of hydrogen-bond donors (Lipinski definition) is 2. The van der Waals surface area contributed by atoms with Crippen molar-refractivity contribution in [2.75, 3.05) is 11.9 Å². The summed E-state index contributed by atoms with van der Waals surface area (Å²) < 4.78 is 0. The molecule has 0 saturated carbocycles. The summed E-state index contributed by atoms with van der Waals surface area (Å²) in [6.45, 7) is 0.841. The van der Waals surface area contributed by atoms with Gasteiger partial charge in [0.05, 0.1) is 17.1 Å². The Kier molecular flexibility index (Phi) is 5.32. The van der Waals surface area contributed by atoms with E-state index in [0.29, 0.717) is 11.4 Å². The van der Waals surface area contributed by atoms with Gasteiger partial charge in [0.15, 0.2) is 5.82 Å². The van der Waals surface area contributed by atoms with Crippen LogP contribution in [-0.4, -0.2) is 26.6 Å². The number of nitrogens with zero attached hydrogens (tertiary/aromatic N) is 3. The van der Waals surface area contributed by atoms with E-state index in [1.54, 1.807) is 23.6 Å². The standard InChI is InChI=1S/C24H24N4OS/c29-19-15-25-14-12-17(19)22-27-23(26-13-6-9-16-7-2-1-3-8-16)21-18-10-4-5-11-20(18)30-24(21)28-22/h1-3,7-8,12,14-15,29H,4-6,9-11,13H2,(H,26,27,28). The van der Waals surface area contributed by atoms with Gasteiger partial charge in [0.25, 0.3) is 0 Å². The highest BCUT2D eigenvalue weighted by atomic mass is 32.1.